The van der Waals surface area contributed by atoms with E-state index in [0.29, 0.717) is 17.2 Å². The van der Waals surface area contributed by atoms with Gasteiger partial charge in [0.1, 0.15) is 23.1 Å². The summed E-state index contributed by atoms with van der Waals surface area (Å²) in [6, 6.07) is 10.3. The smallest absolute Gasteiger partial charge is 0.275 e. The van der Waals surface area contributed by atoms with Crippen LogP contribution in [0.15, 0.2) is 39.9 Å². The number of carbonyl (C=O) groups is 1. The van der Waals surface area contributed by atoms with Gasteiger partial charge in [-0.3, -0.25) is 9.36 Å². The molecule has 0 fully saturated rings. The first-order valence-electron chi connectivity index (χ1n) is 8.66. The highest BCUT2D eigenvalue weighted by molar-refractivity contribution is 5.97. The van der Waals surface area contributed by atoms with Gasteiger partial charge in [0.15, 0.2) is 0 Å². The third-order valence-electron chi connectivity index (χ3n) is 4.67. The maximum absolute atomic E-state index is 12.1. The molecule has 0 saturated heterocycles. The molecule has 0 aliphatic carbocycles. The number of aryl methyl sites for hydroxylation is 2. The lowest BCUT2D eigenvalue weighted by Gasteiger charge is -2.06. The van der Waals surface area contributed by atoms with E-state index in [1.807, 2.05) is 38.3 Å². The minimum absolute atomic E-state index is 0.110. The summed E-state index contributed by atoms with van der Waals surface area (Å²) in [5.41, 5.74) is 6.32. The topological polar surface area (TPSA) is 104 Å². The number of nitriles is 1. The molecule has 0 radical (unpaired) electrons. The quantitative estimate of drug-likeness (QED) is 0.536. The van der Waals surface area contributed by atoms with E-state index in [0.717, 1.165) is 22.5 Å². The van der Waals surface area contributed by atoms with E-state index in [1.54, 1.807) is 12.1 Å². The van der Waals surface area contributed by atoms with E-state index in [4.69, 9.17) is 4.42 Å². The second-order valence-electron chi connectivity index (χ2n) is 6.45. The third kappa shape index (κ3) is 3.28. The minimum Gasteiger partial charge on any atom is -0.507 e. The summed E-state index contributed by atoms with van der Waals surface area (Å²) < 4.78 is 7.66. The largest absolute Gasteiger partial charge is 0.507 e. The molecule has 2 aromatic heterocycles. The van der Waals surface area contributed by atoms with Crippen LogP contribution in [0.5, 0.6) is 5.75 Å². The Morgan fingerprint density at radius 3 is 2.68 bits per heavy atom. The molecule has 3 aromatic rings. The maximum atomic E-state index is 12.1. The van der Waals surface area contributed by atoms with Crippen molar-refractivity contribution in [3.8, 4) is 17.7 Å². The molecule has 7 heteroatoms. The Morgan fingerprint density at radius 1 is 1.29 bits per heavy atom. The third-order valence-corrected chi connectivity index (χ3v) is 4.67. The lowest BCUT2D eigenvalue weighted by molar-refractivity contribution is 0.0952. The summed E-state index contributed by atoms with van der Waals surface area (Å²) >= 11 is 0. The predicted octanol–water partition coefficient (Wildman–Crippen LogP) is 3.65. The minimum atomic E-state index is -0.507. The van der Waals surface area contributed by atoms with Gasteiger partial charge >= 0.3 is 0 Å². The van der Waals surface area contributed by atoms with E-state index in [-0.39, 0.29) is 11.3 Å². The van der Waals surface area contributed by atoms with Gasteiger partial charge in [0.25, 0.3) is 5.91 Å². The molecule has 0 bridgehead atoms. The van der Waals surface area contributed by atoms with Crippen LogP contribution in [0.4, 0.5) is 0 Å². The van der Waals surface area contributed by atoms with Crippen molar-refractivity contribution in [1.29, 1.82) is 5.26 Å². The monoisotopic (exact) mass is 376 g/mol. The molecular formula is C21H20N4O3. The number of benzene rings is 1. The molecule has 2 N–H and O–H groups in total. The summed E-state index contributed by atoms with van der Waals surface area (Å²) in [6.45, 7) is 7.46. The molecule has 2 heterocycles. The van der Waals surface area contributed by atoms with E-state index in [1.165, 1.54) is 18.3 Å². The number of furan rings is 1. The average molecular weight is 376 g/mol. The number of hydrogen-bond donors (Lipinski definition) is 2. The van der Waals surface area contributed by atoms with Gasteiger partial charge in [-0.1, -0.05) is 12.1 Å². The van der Waals surface area contributed by atoms with Crippen LogP contribution in [0.2, 0.25) is 0 Å². The van der Waals surface area contributed by atoms with Crippen molar-refractivity contribution in [2.24, 2.45) is 5.10 Å². The summed E-state index contributed by atoms with van der Waals surface area (Å²) in [4.78, 5) is 12.1. The number of phenolic OH excluding ortho intramolecular Hbond substituents is 1. The first-order valence-corrected chi connectivity index (χ1v) is 8.66. The van der Waals surface area contributed by atoms with Gasteiger partial charge < -0.3 is 9.52 Å². The second-order valence-corrected chi connectivity index (χ2v) is 6.45. The van der Waals surface area contributed by atoms with Gasteiger partial charge in [0.2, 0.25) is 5.88 Å². The van der Waals surface area contributed by atoms with Crippen LogP contribution >= 0.6 is 0 Å². The molecular weight excluding hydrogens is 356 g/mol. The second kappa shape index (κ2) is 7.45. The summed E-state index contributed by atoms with van der Waals surface area (Å²) in [5, 5.41) is 23.2. The predicted molar refractivity (Wildman–Crippen MR) is 105 cm³/mol. The Balaban J connectivity index is 1.88. The number of phenols is 1. The van der Waals surface area contributed by atoms with Crippen molar-refractivity contribution >= 4 is 12.1 Å². The summed E-state index contributed by atoms with van der Waals surface area (Å²) in [6.07, 6.45) is 1.52. The number of aromatic nitrogens is 1. The number of para-hydroxylation sites is 1. The fourth-order valence-corrected chi connectivity index (χ4v) is 3.02. The first kappa shape index (κ1) is 19.0. The summed E-state index contributed by atoms with van der Waals surface area (Å²) in [5.74, 6) is 0.558. The normalized spacial score (nSPS) is 11.0. The Kier molecular flexibility index (Phi) is 5.05. The Bertz CT molecular complexity index is 1130. The molecule has 0 aliphatic heterocycles. The zero-order chi connectivity index (χ0) is 20.4. The van der Waals surface area contributed by atoms with E-state index >= 15 is 0 Å². The molecule has 0 atom stereocenters. The van der Waals surface area contributed by atoms with Crippen molar-refractivity contribution in [1.82, 2.24) is 9.99 Å². The molecule has 0 unspecified atom stereocenters. The van der Waals surface area contributed by atoms with Gasteiger partial charge in [-0.15, -0.1) is 0 Å². The number of carbonyl (C=O) groups excluding carboxylic acids is 1. The van der Waals surface area contributed by atoms with Crippen LogP contribution < -0.4 is 5.43 Å². The lowest BCUT2D eigenvalue weighted by Crippen LogP contribution is -2.17. The van der Waals surface area contributed by atoms with E-state index in [9.17, 15) is 15.2 Å². The van der Waals surface area contributed by atoms with Gasteiger partial charge in [-0.05, 0) is 45.9 Å². The fourth-order valence-electron chi connectivity index (χ4n) is 3.02. The SMILES string of the molecule is Cc1oc(-n2c(C)cc(/C=N\NC(=O)c3ccccc3O)c2C)c(C#N)c1C. The van der Waals surface area contributed by atoms with Crippen LogP contribution in [0, 0.1) is 39.0 Å². The molecule has 28 heavy (non-hydrogen) atoms. The Hall–Kier alpha value is -3.79. The van der Waals surface area contributed by atoms with Crippen LogP contribution in [0.1, 0.15) is 44.2 Å². The molecule has 0 saturated carbocycles. The highest BCUT2D eigenvalue weighted by Crippen LogP contribution is 2.28. The fraction of sp³-hybridized carbons (Fsp3) is 0.190. The average Bonchev–Trinajstić information content (AvgIpc) is 3.10. The number of hydrogen-bond acceptors (Lipinski definition) is 5. The van der Waals surface area contributed by atoms with Crippen molar-refractivity contribution in [3.05, 3.63) is 69.7 Å². The molecule has 7 nitrogen and oxygen atoms in total. The zero-order valence-electron chi connectivity index (χ0n) is 16.1. The number of rotatable bonds is 4. The van der Waals surface area contributed by atoms with Crippen molar-refractivity contribution < 1.29 is 14.3 Å². The first-order chi connectivity index (χ1) is 13.3. The highest BCUT2D eigenvalue weighted by Gasteiger charge is 2.20. The lowest BCUT2D eigenvalue weighted by atomic mass is 10.2. The van der Waals surface area contributed by atoms with Gasteiger partial charge in [0.05, 0.1) is 11.8 Å². The van der Waals surface area contributed by atoms with Crippen LogP contribution in [0.25, 0.3) is 5.88 Å². The number of amides is 1. The van der Waals surface area contributed by atoms with Gasteiger partial charge in [0, 0.05) is 22.5 Å². The standard InChI is InChI=1S/C21H20N4O3/c1-12-9-16(11-23-24-20(27)17-7-5-6-8-19(17)26)14(3)25(12)21-18(10-22)13(2)15(4)28-21/h5-9,11,26H,1-4H3,(H,24,27)/b23-11-. The van der Waals surface area contributed by atoms with Gasteiger partial charge in [-0.2, -0.15) is 10.4 Å². The van der Waals surface area contributed by atoms with Crippen molar-refractivity contribution in [3.63, 3.8) is 0 Å². The van der Waals surface area contributed by atoms with Crippen molar-refractivity contribution in [2.45, 2.75) is 27.7 Å². The number of nitrogens with one attached hydrogen (secondary N) is 1. The molecule has 3 rings (SSSR count). The maximum Gasteiger partial charge on any atom is 0.275 e. The van der Waals surface area contributed by atoms with Crippen molar-refractivity contribution in [2.75, 3.05) is 0 Å². The van der Waals surface area contributed by atoms with Crippen LogP contribution in [-0.4, -0.2) is 21.8 Å². The zero-order valence-corrected chi connectivity index (χ0v) is 16.1. The van der Waals surface area contributed by atoms with Crippen LogP contribution in [-0.2, 0) is 0 Å². The van der Waals surface area contributed by atoms with Crippen LogP contribution in [0.3, 0.4) is 0 Å². The molecule has 142 valence electrons. The summed E-state index contributed by atoms with van der Waals surface area (Å²) in [7, 11) is 0. The Morgan fingerprint density at radius 2 is 2.00 bits per heavy atom. The molecule has 1 amide bonds. The molecule has 0 spiro atoms. The molecule has 1 aromatic carbocycles. The molecule has 0 aliphatic rings. The number of nitrogens with zero attached hydrogens (tertiary/aromatic N) is 3. The Labute approximate surface area is 162 Å². The van der Waals surface area contributed by atoms with E-state index < -0.39 is 5.91 Å². The van der Waals surface area contributed by atoms with E-state index in [2.05, 4.69) is 16.6 Å². The number of hydrazone groups is 1. The number of aromatic hydroxyl groups is 1. The highest BCUT2D eigenvalue weighted by atomic mass is 16.4. The van der Waals surface area contributed by atoms with Gasteiger partial charge in [-0.25, -0.2) is 5.43 Å².